The van der Waals surface area contributed by atoms with E-state index in [9.17, 15) is 14.0 Å². The van der Waals surface area contributed by atoms with E-state index in [4.69, 9.17) is 16.3 Å². The highest BCUT2D eigenvalue weighted by atomic mass is 35.5. The summed E-state index contributed by atoms with van der Waals surface area (Å²) in [5, 5.41) is 5.28. The van der Waals surface area contributed by atoms with Crippen molar-refractivity contribution in [3.8, 4) is 5.75 Å². The number of carbonyl (C=O) groups excluding carboxylic acids is 2. The molecule has 0 bridgehead atoms. The van der Waals surface area contributed by atoms with Crippen LogP contribution in [-0.4, -0.2) is 23.4 Å². The van der Waals surface area contributed by atoms with E-state index in [0.29, 0.717) is 16.9 Å². The number of carbonyl (C=O) groups is 2. The number of pyridine rings is 1. The van der Waals surface area contributed by atoms with Crippen molar-refractivity contribution in [2.75, 3.05) is 17.2 Å². The number of aromatic nitrogens is 1. The Morgan fingerprint density at radius 1 is 1.00 bits per heavy atom. The molecule has 1 aromatic heterocycles. The summed E-state index contributed by atoms with van der Waals surface area (Å²) in [5.74, 6) is -1.06. The van der Waals surface area contributed by atoms with Gasteiger partial charge in [0, 0.05) is 35.4 Å². The van der Waals surface area contributed by atoms with E-state index in [-0.39, 0.29) is 23.3 Å². The van der Waals surface area contributed by atoms with E-state index in [0.717, 1.165) is 6.07 Å². The number of hydrogen-bond acceptors (Lipinski definition) is 4. The van der Waals surface area contributed by atoms with Crippen LogP contribution < -0.4 is 15.4 Å². The summed E-state index contributed by atoms with van der Waals surface area (Å²) in [6.07, 6.45) is 3.14. The van der Waals surface area contributed by atoms with Crippen LogP contribution in [0.25, 0.3) is 0 Å². The van der Waals surface area contributed by atoms with Gasteiger partial charge in [-0.3, -0.25) is 14.6 Å². The zero-order valence-electron chi connectivity index (χ0n) is 14.5. The predicted octanol–water partition coefficient (Wildman–Crippen LogP) is 4.14. The average Bonchev–Trinajstić information content (AvgIpc) is 2.70. The molecule has 6 nitrogen and oxygen atoms in total. The number of nitrogens with one attached hydrogen (secondary N) is 2. The van der Waals surface area contributed by atoms with Gasteiger partial charge in [-0.25, -0.2) is 4.39 Å². The number of nitrogens with zero attached hydrogens (tertiary/aromatic N) is 1. The molecule has 0 radical (unpaired) electrons. The molecular formula is C20H15ClFN3O3. The van der Waals surface area contributed by atoms with Crippen molar-refractivity contribution in [1.82, 2.24) is 4.98 Å². The van der Waals surface area contributed by atoms with Crippen LogP contribution in [0.4, 0.5) is 15.8 Å². The molecule has 2 N–H and O–H groups in total. The van der Waals surface area contributed by atoms with Crippen molar-refractivity contribution in [3.63, 3.8) is 0 Å². The van der Waals surface area contributed by atoms with Crippen LogP contribution in [0.15, 0.2) is 67.0 Å². The van der Waals surface area contributed by atoms with Gasteiger partial charge in [0.25, 0.3) is 11.8 Å². The molecule has 2 amide bonds. The van der Waals surface area contributed by atoms with Crippen LogP contribution >= 0.6 is 11.6 Å². The highest BCUT2D eigenvalue weighted by Gasteiger charge is 2.09. The van der Waals surface area contributed by atoms with Crippen LogP contribution in [0.2, 0.25) is 5.02 Å². The van der Waals surface area contributed by atoms with Gasteiger partial charge in [-0.05, 0) is 42.5 Å². The third-order valence-electron chi connectivity index (χ3n) is 3.61. The monoisotopic (exact) mass is 399 g/mol. The fraction of sp³-hybridized carbons (Fsp3) is 0.0500. The fourth-order valence-electron chi connectivity index (χ4n) is 2.29. The van der Waals surface area contributed by atoms with Crippen LogP contribution in [0.3, 0.4) is 0 Å². The Bertz CT molecular complexity index is 999. The molecule has 0 aliphatic heterocycles. The van der Waals surface area contributed by atoms with Crippen molar-refractivity contribution in [2.24, 2.45) is 0 Å². The summed E-state index contributed by atoms with van der Waals surface area (Å²) in [5.41, 5.74) is 1.43. The quantitative estimate of drug-likeness (QED) is 0.652. The molecule has 0 atom stereocenters. The van der Waals surface area contributed by atoms with Gasteiger partial charge in [-0.2, -0.15) is 0 Å². The Kier molecular flexibility index (Phi) is 6.18. The number of hydrogen-bond donors (Lipinski definition) is 2. The van der Waals surface area contributed by atoms with E-state index in [1.54, 1.807) is 48.8 Å². The minimum Gasteiger partial charge on any atom is -0.484 e. The predicted molar refractivity (Wildman–Crippen MR) is 104 cm³/mol. The molecule has 2 aromatic carbocycles. The highest BCUT2D eigenvalue weighted by molar-refractivity contribution is 6.30. The maximum absolute atomic E-state index is 13.1. The second kappa shape index (κ2) is 8.96. The maximum atomic E-state index is 13.1. The van der Waals surface area contributed by atoms with Crippen molar-refractivity contribution in [2.45, 2.75) is 0 Å². The molecule has 3 rings (SSSR count). The summed E-state index contributed by atoms with van der Waals surface area (Å²) in [7, 11) is 0. The molecule has 142 valence electrons. The maximum Gasteiger partial charge on any atom is 0.262 e. The van der Waals surface area contributed by atoms with Gasteiger partial charge >= 0.3 is 0 Å². The minimum atomic E-state index is -0.569. The third kappa shape index (κ3) is 5.28. The number of rotatable bonds is 6. The van der Waals surface area contributed by atoms with Gasteiger partial charge in [0.05, 0.1) is 5.02 Å². The second-order valence-electron chi connectivity index (χ2n) is 5.68. The number of ether oxygens (including phenoxy) is 1. The molecule has 8 heteroatoms. The lowest BCUT2D eigenvalue weighted by molar-refractivity contribution is -0.118. The average molecular weight is 400 g/mol. The van der Waals surface area contributed by atoms with Crippen LogP contribution in [-0.2, 0) is 4.79 Å². The standard InChI is InChI=1S/C20H15ClFN3O3/c21-17-11-16(4-5-18(17)22)28-12-19(26)24-15-3-1-2-13(10-15)20(27)25-14-6-8-23-9-7-14/h1-11H,12H2,(H,24,26)(H,23,25,27). The van der Waals surface area contributed by atoms with Crippen molar-refractivity contribution < 1.29 is 18.7 Å². The summed E-state index contributed by atoms with van der Waals surface area (Å²) in [6, 6.07) is 13.6. The number of amides is 2. The van der Waals surface area contributed by atoms with Crippen LogP contribution in [0.1, 0.15) is 10.4 Å². The zero-order valence-corrected chi connectivity index (χ0v) is 15.2. The molecule has 0 unspecified atom stereocenters. The van der Waals surface area contributed by atoms with E-state index in [1.807, 2.05) is 0 Å². The molecule has 1 heterocycles. The Morgan fingerprint density at radius 2 is 1.79 bits per heavy atom. The first-order valence-corrected chi connectivity index (χ1v) is 8.58. The number of halogens is 2. The lowest BCUT2D eigenvalue weighted by Crippen LogP contribution is -2.20. The third-order valence-corrected chi connectivity index (χ3v) is 3.90. The first kappa shape index (κ1) is 19.3. The van der Waals surface area contributed by atoms with Gasteiger partial charge in [-0.1, -0.05) is 17.7 Å². The molecule has 3 aromatic rings. The number of anilines is 2. The Labute approximate surface area is 165 Å². The summed E-state index contributed by atoms with van der Waals surface area (Å²) >= 11 is 5.67. The summed E-state index contributed by atoms with van der Waals surface area (Å²) < 4.78 is 18.4. The van der Waals surface area contributed by atoms with Gasteiger partial charge in [-0.15, -0.1) is 0 Å². The topological polar surface area (TPSA) is 80.3 Å². The minimum absolute atomic E-state index is 0.0918. The first-order chi connectivity index (χ1) is 13.5. The van der Waals surface area contributed by atoms with E-state index >= 15 is 0 Å². The summed E-state index contributed by atoms with van der Waals surface area (Å²) in [4.78, 5) is 28.3. The Hall–Kier alpha value is -3.45. The molecule has 28 heavy (non-hydrogen) atoms. The van der Waals surface area contributed by atoms with Gasteiger partial charge in [0.15, 0.2) is 6.61 Å². The summed E-state index contributed by atoms with van der Waals surface area (Å²) in [6.45, 7) is -0.296. The van der Waals surface area contributed by atoms with E-state index < -0.39 is 11.7 Å². The molecule has 0 aliphatic rings. The van der Waals surface area contributed by atoms with Crippen molar-refractivity contribution >= 4 is 34.8 Å². The molecule has 0 saturated heterocycles. The van der Waals surface area contributed by atoms with Crippen LogP contribution in [0.5, 0.6) is 5.75 Å². The van der Waals surface area contributed by atoms with Gasteiger partial charge in [0.1, 0.15) is 11.6 Å². The molecule has 0 saturated carbocycles. The second-order valence-corrected chi connectivity index (χ2v) is 6.09. The van der Waals surface area contributed by atoms with Crippen molar-refractivity contribution in [1.29, 1.82) is 0 Å². The van der Waals surface area contributed by atoms with Gasteiger partial charge < -0.3 is 15.4 Å². The normalized spacial score (nSPS) is 10.2. The molecule has 0 fully saturated rings. The molecule has 0 spiro atoms. The molecular weight excluding hydrogens is 385 g/mol. The smallest absolute Gasteiger partial charge is 0.262 e. The largest absolute Gasteiger partial charge is 0.484 e. The Balaban J connectivity index is 1.58. The fourth-order valence-corrected chi connectivity index (χ4v) is 2.46. The van der Waals surface area contributed by atoms with E-state index in [1.165, 1.54) is 12.1 Å². The SMILES string of the molecule is O=C(COc1ccc(F)c(Cl)c1)Nc1cccc(C(=O)Nc2ccncc2)c1. The van der Waals surface area contributed by atoms with Gasteiger partial charge in [0.2, 0.25) is 0 Å². The lowest BCUT2D eigenvalue weighted by atomic mass is 10.2. The highest BCUT2D eigenvalue weighted by Crippen LogP contribution is 2.21. The lowest BCUT2D eigenvalue weighted by Gasteiger charge is -2.10. The van der Waals surface area contributed by atoms with E-state index in [2.05, 4.69) is 15.6 Å². The Morgan fingerprint density at radius 3 is 2.54 bits per heavy atom. The van der Waals surface area contributed by atoms with Crippen LogP contribution in [0, 0.1) is 5.82 Å². The first-order valence-electron chi connectivity index (χ1n) is 8.20. The number of benzene rings is 2. The zero-order chi connectivity index (χ0) is 19.9. The van der Waals surface area contributed by atoms with Crippen molar-refractivity contribution in [3.05, 3.63) is 83.4 Å². The molecule has 0 aliphatic carbocycles.